The zero-order valence-corrected chi connectivity index (χ0v) is 20.5. The number of ether oxygens (including phenoxy) is 2. The van der Waals surface area contributed by atoms with Crippen LogP contribution in [0.2, 0.25) is 0 Å². The molecule has 0 aliphatic carbocycles. The Bertz CT molecular complexity index is 1610. The molecule has 37 heavy (non-hydrogen) atoms. The van der Waals surface area contributed by atoms with Crippen LogP contribution in [0.5, 0.6) is 0 Å². The van der Waals surface area contributed by atoms with E-state index in [1.807, 2.05) is 24.3 Å². The number of pyridine rings is 2. The van der Waals surface area contributed by atoms with E-state index in [2.05, 4.69) is 15.0 Å². The minimum atomic E-state index is -0.551. The van der Waals surface area contributed by atoms with Gasteiger partial charge in [0.1, 0.15) is 12.1 Å². The molecule has 5 heterocycles. The Hall–Kier alpha value is -4.38. The summed E-state index contributed by atoms with van der Waals surface area (Å²) in [6.45, 7) is 0.372. The van der Waals surface area contributed by atoms with E-state index in [0.717, 1.165) is 18.4 Å². The minimum absolute atomic E-state index is 0.0274. The number of H-pyrrole nitrogens is 1. The van der Waals surface area contributed by atoms with Gasteiger partial charge in [0.2, 0.25) is 5.88 Å². The monoisotopic (exact) mass is 502 g/mol. The van der Waals surface area contributed by atoms with E-state index in [0.29, 0.717) is 41.1 Å². The fraction of sp³-hybridized carbons (Fsp3) is 0.308. The predicted molar refractivity (Wildman–Crippen MR) is 139 cm³/mol. The molecule has 3 aromatic rings. The van der Waals surface area contributed by atoms with Gasteiger partial charge in [0.25, 0.3) is 11.5 Å². The second-order valence-corrected chi connectivity index (χ2v) is 8.67. The van der Waals surface area contributed by atoms with Crippen molar-refractivity contribution in [1.82, 2.24) is 24.4 Å². The summed E-state index contributed by atoms with van der Waals surface area (Å²) >= 11 is 0. The highest BCUT2D eigenvalue weighted by Gasteiger charge is 2.23. The molecule has 3 aromatic heterocycles. The van der Waals surface area contributed by atoms with Crippen molar-refractivity contribution < 1.29 is 14.3 Å². The van der Waals surface area contributed by atoms with Crippen LogP contribution < -0.4 is 11.2 Å². The van der Waals surface area contributed by atoms with Crippen LogP contribution >= 0.6 is 0 Å². The normalized spacial score (nSPS) is 17.9. The number of hydrogen-bond donors (Lipinski definition) is 1. The number of hydrogen-bond acceptors (Lipinski definition) is 8. The Balaban J connectivity index is 1.66. The summed E-state index contributed by atoms with van der Waals surface area (Å²) in [4.78, 5) is 55.7. The number of aromatic nitrogens is 4. The summed E-state index contributed by atoms with van der Waals surface area (Å²) in [5.41, 5.74) is 1.73. The molecule has 190 valence electrons. The molecule has 0 saturated carbocycles. The zero-order valence-electron chi connectivity index (χ0n) is 20.5. The molecule has 1 unspecified atom stereocenters. The topological polar surface area (TPSA) is 132 Å². The van der Waals surface area contributed by atoms with Crippen molar-refractivity contribution in [1.29, 1.82) is 0 Å². The Morgan fingerprint density at radius 2 is 2.03 bits per heavy atom. The van der Waals surface area contributed by atoms with Gasteiger partial charge in [-0.2, -0.15) is 0 Å². The molecule has 2 aliphatic heterocycles. The van der Waals surface area contributed by atoms with Gasteiger partial charge >= 0.3 is 5.69 Å². The molecule has 11 nitrogen and oxygen atoms in total. The summed E-state index contributed by atoms with van der Waals surface area (Å²) in [5.74, 6) is 0.360. The molecule has 11 heteroatoms. The third kappa shape index (κ3) is 4.73. The molecular formula is C26H26N6O5. The van der Waals surface area contributed by atoms with Gasteiger partial charge in [-0.1, -0.05) is 6.08 Å². The van der Waals surface area contributed by atoms with Gasteiger partial charge in [-0.05, 0) is 43.5 Å². The highest BCUT2D eigenvalue weighted by molar-refractivity contribution is 6.10. The van der Waals surface area contributed by atoms with Crippen LogP contribution in [0.25, 0.3) is 27.5 Å². The van der Waals surface area contributed by atoms with Crippen molar-refractivity contribution in [2.24, 2.45) is 4.99 Å². The first-order valence-electron chi connectivity index (χ1n) is 11.9. The SMILES string of the molecule is COCC(=O)N1C=CC(n2c(=O)[nH]c(=O)c3cnc4ccc(C5=CCCC=C(OC)N=C5)nc4c32)CC1. The average Bonchev–Trinajstić information content (AvgIpc) is 2.89. The summed E-state index contributed by atoms with van der Waals surface area (Å²) in [7, 11) is 3.04. The lowest BCUT2D eigenvalue weighted by atomic mass is 10.1. The molecule has 2 aliphatic rings. The number of nitrogens with one attached hydrogen (secondary N) is 1. The molecule has 0 saturated heterocycles. The molecule has 1 N–H and O–H groups in total. The first-order chi connectivity index (χ1) is 18.0. The van der Waals surface area contributed by atoms with E-state index in [1.54, 1.807) is 30.5 Å². The van der Waals surface area contributed by atoms with E-state index < -0.39 is 17.3 Å². The van der Waals surface area contributed by atoms with Gasteiger partial charge in [0.05, 0.1) is 35.3 Å². The highest BCUT2D eigenvalue weighted by Crippen LogP contribution is 2.27. The van der Waals surface area contributed by atoms with Crippen molar-refractivity contribution >= 4 is 39.6 Å². The van der Waals surface area contributed by atoms with Gasteiger partial charge in [-0.15, -0.1) is 0 Å². The summed E-state index contributed by atoms with van der Waals surface area (Å²) in [5, 5.41) is 0.257. The van der Waals surface area contributed by atoms with Gasteiger partial charge in [-0.3, -0.25) is 24.1 Å². The maximum Gasteiger partial charge on any atom is 0.329 e. The third-order valence-corrected chi connectivity index (χ3v) is 6.37. The Kier molecular flexibility index (Phi) is 6.78. The van der Waals surface area contributed by atoms with Crippen LogP contribution in [0.1, 0.15) is 31.0 Å². The molecular weight excluding hydrogens is 476 g/mol. The number of nitrogens with zero attached hydrogens (tertiary/aromatic N) is 5. The minimum Gasteiger partial charge on any atom is -0.481 e. The predicted octanol–water partition coefficient (Wildman–Crippen LogP) is 2.30. The van der Waals surface area contributed by atoms with Crippen LogP contribution in [0.3, 0.4) is 0 Å². The van der Waals surface area contributed by atoms with Crippen molar-refractivity contribution in [2.75, 3.05) is 27.4 Å². The van der Waals surface area contributed by atoms with E-state index in [9.17, 15) is 14.4 Å². The van der Waals surface area contributed by atoms with Crippen LogP contribution in [0, 0.1) is 0 Å². The van der Waals surface area contributed by atoms with Gasteiger partial charge in [0, 0.05) is 37.8 Å². The second kappa shape index (κ2) is 10.3. The van der Waals surface area contributed by atoms with E-state index in [-0.39, 0.29) is 17.9 Å². The smallest absolute Gasteiger partial charge is 0.329 e. The fourth-order valence-electron chi connectivity index (χ4n) is 4.53. The molecule has 5 rings (SSSR count). The van der Waals surface area contributed by atoms with Gasteiger partial charge in [0.15, 0.2) is 0 Å². The number of allylic oxidation sites excluding steroid dienone is 4. The highest BCUT2D eigenvalue weighted by atomic mass is 16.5. The largest absolute Gasteiger partial charge is 0.481 e. The van der Waals surface area contributed by atoms with E-state index >= 15 is 0 Å². The van der Waals surface area contributed by atoms with Crippen LogP contribution in [0.4, 0.5) is 0 Å². The second-order valence-electron chi connectivity index (χ2n) is 8.67. The number of carbonyl (C=O) groups excluding carboxylic acids is 1. The summed E-state index contributed by atoms with van der Waals surface area (Å²) in [6.07, 6.45) is 12.5. The summed E-state index contributed by atoms with van der Waals surface area (Å²) in [6, 6.07) is 3.26. The van der Waals surface area contributed by atoms with Crippen molar-refractivity contribution in [3.63, 3.8) is 0 Å². The number of rotatable bonds is 5. The van der Waals surface area contributed by atoms with E-state index in [4.69, 9.17) is 14.5 Å². The molecule has 0 bridgehead atoms. The Labute approximate surface area is 211 Å². The van der Waals surface area contributed by atoms with Gasteiger partial charge in [-0.25, -0.2) is 14.8 Å². The molecule has 0 spiro atoms. The Morgan fingerprint density at radius 3 is 2.78 bits per heavy atom. The number of carbonyl (C=O) groups is 1. The molecule has 0 fully saturated rings. The van der Waals surface area contributed by atoms with Crippen molar-refractivity contribution in [2.45, 2.75) is 25.3 Å². The van der Waals surface area contributed by atoms with Crippen LogP contribution in [0.15, 0.2) is 63.2 Å². The third-order valence-electron chi connectivity index (χ3n) is 6.37. The zero-order chi connectivity index (χ0) is 25.9. The fourth-order valence-corrected chi connectivity index (χ4v) is 4.53. The lowest BCUT2D eigenvalue weighted by molar-refractivity contribution is -0.132. The number of methoxy groups -OCH3 is 2. The molecule has 0 radical (unpaired) electrons. The first kappa shape index (κ1) is 24.3. The standard InChI is InChI=1S/C26H26N6O5/c1-36-15-22(33)31-11-9-17(10-12-31)32-24-18(25(34)30-26(32)35)14-27-20-8-7-19(29-23(20)24)16-5-3-4-6-21(37-2)28-13-16/h5-9,11,13-14,17H,3-4,10,12,15H2,1-2H3,(H,30,34,35). The lowest BCUT2D eigenvalue weighted by Gasteiger charge is -2.28. The lowest BCUT2D eigenvalue weighted by Crippen LogP contribution is -2.38. The molecule has 1 atom stereocenters. The molecule has 1 amide bonds. The van der Waals surface area contributed by atoms with E-state index in [1.165, 1.54) is 17.9 Å². The number of amides is 1. The van der Waals surface area contributed by atoms with Crippen LogP contribution in [-0.2, 0) is 14.3 Å². The Morgan fingerprint density at radius 1 is 1.19 bits per heavy atom. The quantitative estimate of drug-likeness (QED) is 0.530. The first-order valence-corrected chi connectivity index (χ1v) is 11.9. The van der Waals surface area contributed by atoms with Crippen molar-refractivity contribution in [3.8, 4) is 0 Å². The summed E-state index contributed by atoms with van der Waals surface area (Å²) < 4.78 is 11.7. The number of aliphatic imine (C=N–C) groups is 1. The number of aromatic amines is 1. The van der Waals surface area contributed by atoms with Crippen LogP contribution in [-0.4, -0.2) is 63.9 Å². The van der Waals surface area contributed by atoms with Gasteiger partial charge < -0.3 is 14.4 Å². The maximum absolute atomic E-state index is 13.1. The maximum atomic E-state index is 13.1. The average molecular weight is 503 g/mol. The molecule has 0 aromatic carbocycles. The number of fused-ring (bicyclic) bond motifs is 3. The van der Waals surface area contributed by atoms with Crippen molar-refractivity contribution in [3.05, 3.63) is 75.2 Å².